The summed E-state index contributed by atoms with van der Waals surface area (Å²) in [6.07, 6.45) is 5.56. The largest absolute Gasteiger partial charge is 0.372 e. The van der Waals surface area contributed by atoms with Crippen LogP contribution >= 0.6 is 0 Å². The van der Waals surface area contributed by atoms with Crippen LogP contribution in [0, 0.1) is 0 Å². The van der Waals surface area contributed by atoms with Crippen LogP contribution in [-0.4, -0.2) is 50.4 Å². The second kappa shape index (κ2) is 7.25. The van der Waals surface area contributed by atoms with E-state index in [2.05, 4.69) is 62.1 Å². The fraction of sp³-hybridized carbons (Fsp3) is 0.273. The smallest absolute Gasteiger partial charge is 0.132 e. The lowest BCUT2D eigenvalue weighted by Crippen LogP contribution is -2.45. The van der Waals surface area contributed by atoms with Crippen molar-refractivity contribution in [3.63, 3.8) is 0 Å². The molecule has 1 fully saturated rings. The zero-order valence-electron chi connectivity index (χ0n) is 16.4. The first-order valence-electron chi connectivity index (χ1n) is 9.79. The maximum absolute atomic E-state index is 5.85. The van der Waals surface area contributed by atoms with Gasteiger partial charge in [0.05, 0.1) is 23.4 Å². The quantitative estimate of drug-likeness (QED) is 0.578. The molecule has 0 aliphatic carbocycles. The van der Waals surface area contributed by atoms with E-state index in [1.54, 1.807) is 18.7 Å². The molecular weight excluding hydrogens is 364 g/mol. The number of fused-ring (bicyclic) bond motifs is 1. The third kappa shape index (κ3) is 3.45. The maximum Gasteiger partial charge on any atom is 0.132 e. The van der Waals surface area contributed by atoms with Crippen molar-refractivity contribution in [1.82, 2.24) is 25.1 Å². The maximum atomic E-state index is 5.85. The van der Waals surface area contributed by atoms with E-state index in [0.717, 1.165) is 52.3 Å². The molecule has 4 heterocycles. The number of rotatable bonds is 3. The highest BCUT2D eigenvalue weighted by molar-refractivity contribution is 5.95. The van der Waals surface area contributed by atoms with Crippen molar-refractivity contribution in [2.45, 2.75) is 26.1 Å². The van der Waals surface area contributed by atoms with Crippen molar-refractivity contribution >= 4 is 16.7 Å². The lowest BCUT2D eigenvalue weighted by molar-refractivity contribution is -0.00546. The summed E-state index contributed by atoms with van der Waals surface area (Å²) >= 11 is 0. The molecule has 0 amide bonds. The van der Waals surface area contributed by atoms with E-state index in [4.69, 9.17) is 4.74 Å². The van der Waals surface area contributed by atoms with Crippen molar-refractivity contribution in [2.24, 2.45) is 0 Å². The number of hydrogen-bond donors (Lipinski definition) is 1. The van der Waals surface area contributed by atoms with E-state index < -0.39 is 0 Å². The fourth-order valence-corrected chi connectivity index (χ4v) is 3.95. The number of nitrogens with zero attached hydrogens (tertiary/aromatic N) is 5. The summed E-state index contributed by atoms with van der Waals surface area (Å²) in [7, 11) is 0. The molecule has 0 saturated carbocycles. The topological polar surface area (TPSA) is 79.8 Å². The van der Waals surface area contributed by atoms with E-state index in [9.17, 15) is 0 Å². The van der Waals surface area contributed by atoms with Gasteiger partial charge >= 0.3 is 0 Å². The molecule has 1 saturated heterocycles. The van der Waals surface area contributed by atoms with Crippen LogP contribution in [0.1, 0.15) is 13.8 Å². The number of ether oxygens (including phenoxy) is 1. The van der Waals surface area contributed by atoms with Crippen LogP contribution in [0.3, 0.4) is 0 Å². The molecule has 1 N–H and O–H groups in total. The molecule has 0 bridgehead atoms. The Hall–Kier alpha value is -3.32. The van der Waals surface area contributed by atoms with Gasteiger partial charge in [0.15, 0.2) is 0 Å². The summed E-state index contributed by atoms with van der Waals surface area (Å²) in [5, 5.41) is 8.70. The van der Waals surface area contributed by atoms with E-state index in [-0.39, 0.29) is 12.2 Å². The highest BCUT2D eigenvalue weighted by Crippen LogP contribution is 2.30. The van der Waals surface area contributed by atoms with E-state index in [1.807, 2.05) is 18.2 Å². The molecule has 1 aliphatic heterocycles. The van der Waals surface area contributed by atoms with Crippen molar-refractivity contribution < 1.29 is 4.74 Å². The van der Waals surface area contributed by atoms with E-state index in [0.29, 0.717) is 0 Å². The van der Waals surface area contributed by atoms with Gasteiger partial charge < -0.3 is 9.64 Å². The second-order valence-electron chi connectivity index (χ2n) is 7.49. The molecule has 2 atom stereocenters. The van der Waals surface area contributed by atoms with Crippen LogP contribution in [-0.2, 0) is 4.74 Å². The fourth-order valence-electron chi connectivity index (χ4n) is 3.95. The Kier molecular flexibility index (Phi) is 4.44. The number of aromatic amines is 1. The van der Waals surface area contributed by atoms with E-state index >= 15 is 0 Å². The van der Waals surface area contributed by atoms with Crippen LogP contribution in [0.2, 0.25) is 0 Å². The Morgan fingerprint density at radius 1 is 0.966 bits per heavy atom. The van der Waals surface area contributed by atoms with Gasteiger partial charge in [0.25, 0.3) is 0 Å². The molecule has 1 aliphatic rings. The number of nitrogens with one attached hydrogen (secondary N) is 1. The number of H-pyrrole nitrogens is 1. The zero-order chi connectivity index (χ0) is 19.8. The molecule has 7 heteroatoms. The van der Waals surface area contributed by atoms with Crippen LogP contribution in [0.4, 0.5) is 5.82 Å². The Bertz CT molecular complexity index is 1130. The number of hydrogen-bond acceptors (Lipinski definition) is 6. The van der Waals surface area contributed by atoms with Gasteiger partial charge in [-0.1, -0.05) is 6.07 Å². The molecule has 5 rings (SSSR count). The summed E-state index contributed by atoms with van der Waals surface area (Å²) in [5.74, 6) is 0.901. The zero-order valence-corrected chi connectivity index (χ0v) is 16.4. The standard InChI is InChI=1S/C22H22N6O/c1-14-11-28(12-15(2)29-14)21-10-20(24-13-25-21)22-18-9-17(3-4-19(18)26-27-22)16-5-7-23-8-6-16/h3-10,13-15H,11-12H2,1-2H3,(H,26,27). The monoisotopic (exact) mass is 386 g/mol. The number of anilines is 1. The highest BCUT2D eigenvalue weighted by atomic mass is 16.5. The van der Waals surface area contributed by atoms with Gasteiger partial charge in [0.2, 0.25) is 0 Å². The van der Waals surface area contributed by atoms with Crippen LogP contribution in [0.25, 0.3) is 33.4 Å². The first-order chi connectivity index (χ1) is 14.2. The van der Waals surface area contributed by atoms with Gasteiger partial charge in [-0.15, -0.1) is 0 Å². The minimum Gasteiger partial charge on any atom is -0.372 e. The van der Waals surface area contributed by atoms with Gasteiger partial charge in [0.1, 0.15) is 17.8 Å². The van der Waals surface area contributed by atoms with Crippen molar-refractivity contribution in [3.05, 3.63) is 55.1 Å². The predicted molar refractivity (Wildman–Crippen MR) is 113 cm³/mol. The average molecular weight is 386 g/mol. The Morgan fingerprint density at radius 3 is 2.55 bits per heavy atom. The highest BCUT2D eigenvalue weighted by Gasteiger charge is 2.24. The number of pyridine rings is 1. The van der Waals surface area contributed by atoms with Crippen LogP contribution in [0.5, 0.6) is 0 Å². The van der Waals surface area contributed by atoms with Crippen LogP contribution < -0.4 is 4.90 Å². The summed E-state index contributed by atoms with van der Waals surface area (Å²) in [6.45, 7) is 5.81. The number of aromatic nitrogens is 5. The normalized spacial score (nSPS) is 19.6. The van der Waals surface area contributed by atoms with Gasteiger partial charge in [-0.2, -0.15) is 5.10 Å². The van der Waals surface area contributed by atoms with Crippen LogP contribution in [0.15, 0.2) is 55.1 Å². The average Bonchev–Trinajstić information content (AvgIpc) is 3.17. The minimum absolute atomic E-state index is 0.172. The van der Waals surface area contributed by atoms with Gasteiger partial charge in [-0.05, 0) is 49.2 Å². The molecule has 146 valence electrons. The van der Waals surface area contributed by atoms with Gasteiger partial charge in [0, 0.05) is 36.9 Å². The number of benzene rings is 1. The predicted octanol–water partition coefficient (Wildman–Crippen LogP) is 3.70. The third-order valence-electron chi connectivity index (χ3n) is 5.22. The third-order valence-corrected chi connectivity index (χ3v) is 5.22. The van der Waals surface area contributed by atoms with E-state index in [1.165, 1.54) is 0 Å². The van der Waals surface area contributed by atoms with Gasteiger partial charge in [-0.3, -0.25) is 10.1 Å². The van der Waals surface area contributed by atoms with Crippen molar-refractivity contribution in [3.8, 4) is 22.5 Å². The van der Waals surface area contributed by atoms with Crippen molar-refractivity contribution in [2.75, 3.05) is 18.0 Å². The van der Waals surface area contributed by atoms with Gasteiger partial charge in [-0.25, -0.2) is 9.97 Å². The molecule has 2 unspecified atom stereocenters. The lowest BCUT2D eigenvalue weighted by Gasteiger charge is -2.36. The first kappa shape index (κ1) is 17.8. The number of morpholine rings is 1. The molecule has 1 aromatic carbocycles. The molecule has 29 heavy (non-hydrogen) atoms. The SMILES string of the molecule is CC1CN(c2cc(-c3n[nH]c4ccc(-c5ccncc5)cc34)ncn2)CC(C)O1. The Balaban J connectivity index is 1.54. The Morgan fingerprint density at radius 2 is 1.76 bits per heavy atom. The Labute approximate surface area is 168 Å². The lowest BCUT2D eigenvalue weighted by atomic mass is 10.0. The molecule has 4 aromatic rings. The molecule has 3 aromatic heterocycles. The molecular formula is C22H22N6O. The first-order valence-corrected chi connectivity index (χ1v) is 9.79. The molecule has 0 spiro atoms. The summed E-state index contributed by atoms with van der Waals surface area (Å²) in [6, 6.07) is 12.3. The second-order valence-corrected chi connectivity index (χ2v) is 7.49. The molecule has 7 nitrogen and oxygen atoms in total. The summed E-state index contributed by atoms with van der Waals surface area (Å²) in [4.78, 5) is 15.4. The minimum atomic E-state index is 0.172. The molecule has 0 radical (unpaired) electrons. The summed E-state index contributed by atoms with van der Waals surface area (Å²) in [5.41, 5.74) is 4.85. The van der Waals surface area contributed by atoms with Crippen molar-refractivity contribution in [1.29, 1.82) is 0 Å². The summed E-state index contributed by atoms with van der Waals surface area (Å²) < 4.78 is 5.85.